The number of hydrogen-bond acceptors (Lipinski definition) is 5. The number of nitrogens with zero attached hydrogens (tertiary/aromatic N) is 4. The van der Waals surface area contributed by atoms with Crippen molar-refractivity contribution in [1.29, 1.82) is 0 Å². The van der Waals surface area contributed by atoms with Crippen molar-refractivity contribution >= 4 is 5.91 Å². The highest BCUT2D eigenvalue weighted by molar-refractivity contribution is 5.94. The molecule has 1 saturated heterocycles. The summed E-state index contributed by atoms with van der Waals surface area (Å²) in [5, 5.41) is 7.09. The van der Waals surface area contributed by atoms with E-state index in [1.165, 1.54) is 18.5 Å². The number of carbonyl (C=O) groups is 1. The zero-order valence-corrected chi connectivity index (χ0v) is 15.9. The van der Waals surface area contributed by atoms with E-state index in [-0.39, 0.29) is 17.8 Å². The van der Waals surface area contributed by atoms with Gasteiger partial charge in [0.2, 0.25) is 0 Å². The molecule has 8 heteroatoms. The average Bonchev–Trinajstić information content (AvgIpc) is 3.31. The third-order valence-corrected chi connectivity index (χ3v) is 5.01. The molecule has 150 valence electrons. The number of aromatic nitrogens is 3. The van der Waals surface area contributed by atoms with Crippen molar-refractivity contribution in [2.45, 2.75) is 6.04 Å². The average molecular weight is 395 g/mol. The van der Waals surface area contributed by atoms with Gasteiger partial charge in [-0.2, -0.15) is 5.10 Å². The number of hydrogen-bond donors (Lipinski definition) is 1. The molecule has 7 nitrogen and oxygen atoms in total. The van der Waals surface area contributed by atoms with E-state index < -0.39 is 0 Å². The fraction of sp³-hybridized carbons (Fsp3) is 0.286. The molecule has 1 atom stereocenters. The van der Waals surface area contributed by atoms with Crippen LogP contribution in [0.25, 0.3) is 5.69 Å². The maximum absolute atomic E-state index is 13.3. The number of ether oxygens (including phenoxy) is 1. The molecule has 0 saturated carbocycles. The molecule has 0 radical (unpaired) electrons. The normalized spacial score (nSPS) is 15.8. The highest BCUT2D eigenvalue weighted by Crippen LogP contribution is 2.22. The molecule has 0 bridgehead atoms. The van der Waals surface area contributed by atoms with Crippen molar-refractivity contribution in [2.24, 2.45) is 0 Å². The largest absolute Gasteiger partial charge is 0.379 e. The van der Waals surface area contributed by atoms with Crippen LogP contribution >= 0.6 is 0 Å². The Labute approximate surface area is 168 Å². The van der Waals surface area contributed by atoms with Crippen LogP contribution in [0.4, 0.5) is 4.39 Å². The van der Waals surface area contributed by atoms with E-state index in [1.54, 1.807) is 35.3 Å². The molecule has 1 aromatic heterocycles. The van der Waals surface area contributed by atoms with E-state index >= 15 is 0 Å². The van der Waals surface area contributed by atoms with Gasteiger partial charge in [-0.05, 0) is 42.0 Å². The summed E-state index contributed by atoms with van der Waals surface area (Å²) in [4.78, 5) is 18.8. The van der Waals surface area contributed by atoms with Crippen LogP contribution < -0.4 is 5.32 Å². The molecular formula is C21H22FN5O2. The van der Waals surface area contributed by atoms with Crippen molar-refractivity contribution < 1.29 is 13.9 Å². The molecule has 1 fully saturated rings. The summed E-state index contributed by atoms with van der Waals surface area (Å²) in [7, 11) is 0. The van der Waals surface area contributed by atoms with Crippen LogP contribution in [0.15, 0.2) is 61.2 Å². The maximum atomic E-state index is 13.3. The van der Waals surface area contributed by atoms with Gasteiger partial charge in [-0.15, -0.1) is 0 Å². The summed E-state index contributed by atoms with van der Waals surface area (Å²) in [6.07, 6.45) is 3.06. The van der Waals surface area contributed by atoms with Gasteiger partial charge in [0.25, 0.3) is 5.91 Å². The van der Waals surface area contributed by atoms with Crippen LogP contribution in [0.2, 0.25) is 0 Å². The van der Waals surface area contributed by atoms with Crippen molar-refractivity contribution in [2.75, 3.05) is 32.8 Å². The van der Waals surface area contributed by atoms with E-state index in [9.17, 15) is 9.18 Å². The van der Waals surface area contributed by atoms with Crippen molar-refractivity contribution in [3.8, 4) is 5.69 Å². The van der Waals surface area contributed by atoms with Crippen LogP contribution in [0.5, 0.6) is 0 Å². The molecule has 1 amide bonds. The minimum Gasteiger partial charge on any atom is -0.379 e. The number of rotatable bonds is 6. The van der Waals surface area contributed by atoms with Gasteiger partial charge in [-0.3, -0.25) is 9.69 Å². The van der Waals surface area contributed by atoms with Gasteiger partial charge >= 0.3 is 0 Å². The molecule has 1 aliphatic heterocycles. The third kappa shape index (κ3) is 4.67. The highest BCUT2D eigenvalue weighted by atomic mass is 19.1. The lowest BCUT2D eigenvalue weighted by molar-refractivity contribution is 0.0162. The van der Waals surface area contributed by atoms with Gasteiger partial charge in [0.1, 0.15) is 18.5 Å². The van der Waals surface area contributed by atoms with Gasteiger partial charge in [0.05, 0.1) is 24.9 Å². The molecule has 2 heterocycles. The Morgan fingerprint density at radius 2 is 1.83 bits per heavy atom. The summed E-state index contributed by atoms with van der Waals surface area (Å²) in [6, 6.07) is 13.6. The van der Waals surface area contributed by atoms with Crippen molar-refractivity contribution in [3.05, 3.63) is 78.1 Å². The molecule has 1 N–H and O–H groups in total. The Balaban J connectivity index is 1.44. The van der Waals surface area contributed by atoms with Crippen LogP contribution in [0.3, 0.4) is 0 Å². The number of nitrogens with one attached hydrogen (secondary N) is 1. The second-order valence-corrected chi connectivity index (χ2v) is 6.81. The number of morpholine rings is 1. The molecule has 4 rings (SSSR count). The highest BCUT2D eigenvalue weighted by Gasteiger charge is 2.23. The predicted molar refractivity (Wildman–Crippen MR) is 105 cm³/mol. The third-order valence-electron chi connectivity index (χ3n) is 5.01. The van der Waals surface area contributed by atoms with Crippen LogP contribution in [0.1, 0.15) is 22.0 Å². The van der Waals surface area contributed by atoms with Gasteiger partial charge in [-0.25, -0.2) is 14.1 Å². The number of amides is 1. The van der Waals surface area contributed by atoms with E-state index in [0.29, 0.717) is 25.3 Å². The van der Waals surface area contributed by atoms with Crippen LogP contribution in [-0.4, -0.2) is 58.4 Å². The van der Waals surface area contributed by atoms with E-state index in [4.69, 9.17) is 4.74 Å². The number of halogens is 1. The smallest absolute Gasteiger partial charge is 0.251 e. The summed E-state index contributed by atoms with van der Waals surface area (Å²) in [6.45, 7) is 3.26. The number of benzene rings is 2. The quantitative estimate of drug-likeness (QED) is 0.693. The first-order chi connectivity index (χ1) is 14.2. The second kappa shape index (κ2) is 8.93. The Kier molecular flexibility index (Phi) is 5.92. The first-order valence-corrected chi connectivity index (χ1v) is 9.51. The minimum atomic E-state index is -0.272. The zero-order valence-electron chi connectivity index (χ0n) is 15.9. The van der Waals surface area contributed by atoms with Gasteiger partial charge in [-0.1, -0.05) is 12.1 Å². The molecule has 3 aromatic rings. The van der Waals surface area contributed by atoms with Crippen molar-refractivity contribution in [1.82, 2.24) is 25.0 Å². The maximum Gasteiger partial charge on any atom is 0.251 e. The molecule has 1 unspecified atom stereocenters. The topological polar surface area (TPSA) is 72.3 Å². The summed E-state index contributed by atoms with van der Waals surface area (Å²) in [5.74, 6) is -0.429. The second-order valence-electron chi connectivity index (χ2n) is 6.81. The Bertz CT molecular complexity index is 923. The Morgan fingerprint density at radius 3 is 2.48 bits per heavy atom. The molecule has 0 spiro atoms. The summed E-state index contributed by atoms with van der Waals surface area (Å²) >= 11 is 0. The Morgan fingerprint density at radius 1 is 1.10 bits per heavy atom. The first-order valence-electron chi connectivity index (χ1n) is 9.51. The standard InChI is InChI=1S/C21H22FN5O2/c22-18-5-1-16(2-6-18)20(26-9-11-29-12-10-26)13-24-21(28)17-3-7-19(8-4-17)27-15-23-14-25-27/h1-8,14-15,20H,9-13H2,(H,24,28). The van der Waals surface area contributed by atoms with E-state index in [0.717, 1.165) is 24.3 Å². The lowest BCUT2D eigenvalue weighted by atomic mass is 10.0. The lowest BCUT2D eigenvalue weighted by Crippen LogP contribution is -2.43. The van der Waals surface area contributed by atoms with Crippen LogP contribution in [-0.2, 0) is 4.74 Å². The fourth-order valence-corrected chi connectivity index (χ4v) is 3.43. The van der Waals surface area contributed by atoms with E-state index in [1.807, 2.05) is 12.1 Å². The predicted octanol–water partition coefficient (Wildman–Crippen LogP) is 2.21. The fourth-order valence-electron chi connectivity index (χ4n) is 3.43. The van der Waals surface area contributed by atoms with Crippen molar-refractivity contribution in [3.63, 3.8) is 0 Å². The van der Waals surface area contributed by atoms with Gasteiger partial charge in [0.15, 0.2) is 0 Å². The monoisotopic (exact) mass is 395 g/mol. The van der Waals surface area contributed by atoms with Gasteiger partial charge in [0, 0.05) is 25.2 Å². The molecule has 29 heavy (non-hydrogen) atoms. The lowest BCUT2D eigenvalue weighted by Gasteiger charge is -2.35. The minimum absolute atomic E-state index is 0.0436. The summed E-state index contributed by atoms with van der Waals surface area (Å²) in [5.41, 5.74) is 2.36. The Hall–Kier alpha value is -3.10. The molecule has 1 aliphatic rings. The summed E-state index contributed by atoms with van der Waals surface area (Å²) < 4.78 is 20.4. The SMILES string of the molecule is O=C(NCC(c1ccc(F)cc1)N1CCOCC1)c1ccc(-n2cncn2)cc1. The van der Waals surface area contributed by atoms with E-state index in [2.05, 4.69) is 20.3 Å². The molecule has 0 aliphatic carbocycles. The zero-order chi connectivity index (χ0) is 20.1. The number of carbonyl (C=O) groups excluding carboxylic acids is 1. The molecular weight excluding hydrogens is 373 g/mol. The first kappa shape index (κ1) is 19.2. The van der Waals surface area contributed by atoms with Crippen LogP contribution in [0, 0.1) is 5.82 Å². The molecule has 2 aromatic carbocycles. The van der Waals surface area contributed by atoms with Gasteiger partial charge < -0.3 is 10.1 Å².